The number of rotatable bonds is 0. The van der Waals surface area contributed by atoms with Gasteiger partial charge in [-0.15, -0.1) is 0 Å². The van der Waals surface area contributed by atoms with Crippen molar-refractivity contribution in [1.82, 2.24) is 0 Å². The van der Waals surface area contributed by atoms with Gasteiger partial charge in [-0.1, -0.05) is 60.7 Å². The molecule has 4 aromatic rings. The molecule has 3 aliphatic carbocycles. The monoisotopic (exact) mass is 370 g/mol. The molecule has 0 saturated carbocycles. The van der Waals surface area contributed by atoms with Crippen LogP contribution >= 0.6 is 0 Å². The van der Waals surface area contributed by atoms with E-state index in [9.17, 15) is 0 Å². The van der Waals surface area contributed by atoms with Crippen molar-refractivity contribution in [3.8, 4) is 33.4 Å². The standard InChI is InChI=1S/C29H22/c1-16-11-20-13-21-12-17(2)27-23-10-6-4-8-19(23)15-25(27)29(21)28(20)24-14-18-7-3-5-9-22(18)26(16)24/h3-12H,13-15H2,1-2H3. The van der Waals surface area contributed by atoms with E-state index in [-0.39, 0.29) is 0 Å². The van der Waals surface area contributed by atoms with E-state index >= 15 is 0 Å². The van der Waals surface area contributed by atoms with Crippen LogP contribution < -0.4 is 0 Å². The Hall–Kier alpha value is -3.12. The van der Waals surface area contributed by atoms with Gasteiger partial charge in [0.15, 0.2) is 0 Å². The molecule has 0 N–H and O–H groups in total. The van der Waals surface area contributed by atoms with Crippen LogP contribution in [-0.2, 0) is 19.3 Å². The molecule has 0 fully saturated rings. The lowest BCUT2D eigenvalue weighted by atomic mass is 9.87. The van der Waals surface area contributed by atoms with E-state index in [1.807, 2.05) is 0 Å². The third-order valence-corrected chi connectivity index (χ3v) is 7.36. The largest absolute Gasteiger partial charge is 0.0619 e. The highest BCUT2D eigenvalue weighted by Crippen LogP contribution is 2.53. The second-order valence-electron chi connectivity index (χ2n) is 9.01. The Bertz CT molecular complexity index is 1280. The Balaban J connectivity index is 1.56. The molecule has 0 spiro atoms. The summed E-state index contributed by atoms with van der Waals surface area (Å²) < 4.78 is 0. The molecule has 0 amide bonds. The molecule has 0 bridgehead atoms. The van der Waals surface area contributed by atoms with Gasteiger partial charge in [-0.25, -0.2) is 0 Å². The summed E-state index contributed by atoms with van der Waals surface area (Å²) in [5.74, 6) is 0. The summed E-state index contributed by atoms with van der Waals surface area (Å²) in [5.41, 5.74) is 21.1. The van der Waals surface area contributed by atoms with Gasteiger partial charge in [-0.05, 0) is 111 Å². The molecule has 0 nitrogen and oxygen atoms in total. The molecule has 0 atom stereocenters. The summed E-state index contributed by atoms with van der Waals surface area (Å²) in [4.78, 5) is 0. The lowest BCUT2D eigenvalue weighted by Gasteiger charge is -2.16. The maximum absolute atomic E-state index is 2.47. The van der Waals surface area contributed by atoms with E-state index in [2.05, 4.69) is 74.5 Å². The molecule has 0 radical (unpaired) electrons. The third kappa shape index (κ3) is 1.90. The minimum atomic E-state index is 1.07. The Morgan fingerprint density at radius 1 is 0.483 bits per heavy atom. The summed E-state index contributed by atoms with van der Waals surface area (Å²) in [5, 5.41) is 0. The molecule has 4 aromatic carbocycles. The summed E-state index contributed by atoms with van der Waals surface area (Å²) in [6, 6.07) is 22.9. The van der Waals surface area contributed by atoms with Crippen LogP contribution in [0.5, 0.6) is 0 Å². The molecule has 0 heterocycles. The first-order valence-electron chi connectivity index (χ1n) is 10.7. The maximum atomic E-state index is 2.47. The van der Waals surface area contributed by atoms with Gasteiger partial charge >= 0.3 is 0 Å². The molecule has 0 heteroatoms. The van der Waals surface area contributed by atoms with Crippen LogP contribution in [0.4, 0.5) is 0 Å². The fraction of sp³-hybridized carbons (Fsp3) is 0.172. The van der Waals surface area contributed by atoms with Crippen molar-refractivity contribution in [3.63, 3.8) is 0 Å². The van der Waals surface area contributed by atoms with Crippen LogP contribution in [0.2, 0.25) is 0 Å². The van der Waals surface area contributed by atoms with E-state index < -0.39 is 0 Å². The Morgan fingerprint density at radius 2 is 0.931 bits per heavy atom. The molecule has 0 aromatic heterocycles. The number of hydrogen-bond acceptors (Lipinski definition) is 0. The topological polar surface area (TPSA) is 0 Å². The van der Waals surface area contributed by atoms with Gasteiger partial charge in [0.2, 0.25) is 0 Å². The first kappa shape index (κ1) is 15.8. The van der Waals surface area contributed by atoms with Crippen LogP contribution in [0.1, 0.15) is 44.5 Å². The highest BCUT2D eigenvalue weighted by atomic mass is 14.4. The molecule has 29 heavy (non-hydrogen) atoms. The zero-order valence-electron chi connectivity index (χ0n) is 16.9. The first-order chi connectivity index (χ1) is 14.2. The van der Waals surface area contributed by atoms with Crippen LogP contribution in [0.15, 0.2) is 60.7 Å². The van der Waals surface area contributed by atoms with Gasteiger partial charge in [0.25, 0.3) is 0 Å². The Kier molecular flexibility index (Phi) is 2.87. The lowest BCUT2D eigenvalue weighted by molar-refractivity contribution is 1.21. The van der Waals surface area contributed by atoms with Gasteiger partial charge in [-0.2, -0.15) is 0 Å². The lowest BCUT2D eigenvalue weighted by Crippen LogP contribution is -1.96. The van der Waals surface area contributed by atoms with E-state index in [0.29, 0.717) is 0 Å². The van der Waals surface area contributed by atoms with Gasteiger partial charge in [-0.3, -0.25) is 0 Å². The van der Waals surface area contributed by atoms with Gasteiger partial charge < -0.3 is 0 Å². The molecular weight excluding hydrogens is 348 g/mol. The molecule has 7 rings (SSSR count). The van der Waals surface area contributed by atoms with Crippen molar-refractivity contribution in [2.45, 2.75) is 33.1 Å². The van der Waals surface area contributed by atoms with E-state index in [1.165, 1.54) is 55.6 Å². The molecule has 0 saturated heterocycles. The average Bonchev–Trinajstić information content (AvgIpc) is 3.38. The van der Waals surface area contributed by atoms with Gasteiger partial charge in [0.05, 0.1) is 0 Å². The van der Waals surface area contributed by atoms with Crippen molar-refractivity contribution in [3.05, 3.63) is 105 Å². The summed E-state index contributed by atoms with van der Waals surface area (Å²) in [7, 11) is 0. The predicted molar refractivity (Wildman–Crippen MR) is 121 cm³/mol. The van der Waals surface area contributed by atoms with Crippen molar-refractivity contribution >= 4 is 0 Å². The quantitative estimate of drug-likeness (QED) is 0.269. The molecule has 0 aliphatic heterocycles. The number of aryl methyl sites for hydroxylation is 2. The summed E-state index contributed by atoms with van der Waals surface area (Å²) in [6.07, 6.45) is 3.23. The zero-order valence-corrected chi connectivity index (χ0v) is 16.9. The van der Waals surface area contributed by atoms with E-state index in [0.717, 1.165) is 19.3 Å². The van der Waals surface area contributed by atoms with Crippen molar-refractivity contribution in [2.24, 2.45) is 0 Å². The molecular formula is C29H22. The maximum Gasteiger partial charge on any atom is -0.000707 e. The minimum absolute atomic E-state index is 1.07. The van der Waals surface area contributed by atoms with Crippen LogP contribution in [0.3, 0.4) is 0 Å². The summed E-state index contributed by atoms with van der Waals surface area (Å²) >= 11 is 0. The van der Waals surface area contributed by atoms with Gasteiger partial charge in [0.1, 0.15) is 0 Å². The highest BCUT2D eigenvalue weighted by Gasteiger charge is 2.34. The first-order valence-corrected chi connectivity index (χ1v) is 10.7. The smallest absolute Gasteiger partial charge is 0.000707 e. The van der Waals surface area contributed by atoms with Gasteiger partial charge in [0, 0.05) is 0 Å². The van der Waals surface area contributed by atoms with Crippen LogP contribution in [0, 0.1) is 13.8 Å². The van der Waals surface area contributed by atoms with Crippen molar-refractivity contribution in [1.29, 1.82) is 0 Å². The predicted octanol–water partition coefficient (Wildman–Crippen LogP) is 7.02. The molecule has 3 aliphatic rings. The molecule has 138 valence electrons. The van der Waals surface area contributed by atoms with Crippen molar-refractivity contribution < 1.29 is 0 Å². The SMILES string of the molecule is Cc1cc2c(c3c1-c1ccccc1C3)-c1c(cc(C)c3c1Cc1ccccc1-3)C2. The van der Waals surface area contributed by atoms with E-state index in [1.54, 1.807) is 22.3 Å². The third-order valence-electron chi connectivity index (χ3n) is 7.36. The zero-order chi connectivity index (χ0) is 19.3. The second kappa shape index (κ2) is 5.27. The highest BCUT2D eigenvalue weighted by molar-refractivity contribution is 5.96. The molecule has 0 unspecified atom stereocenters. The van der Waals surface area contributed by atoms with E-state index in [4.69, 9.17) is 0 Å². The number of benzene rings is 4. The normalized spacial score (nSPS) is 14.1. The van der Waals surface area contributed by atoms with Crippen LogP contribution in [0.25, 0.3) is 33.4 Å². The second-order valence-corrected chi connectivity index (χ2v) is 9.01. The minimum Gasteiger partial charge on any atom is -0.0619 e. The Labute approximate surface area is 171 Å². The number of fused-ring (bicyclic) bond motifs is 11. The summed E-state index contributed by atoms with van der Waals surface area (Å²) in [6.45, 7) is 4.60. The number of hydrogen-bond donors (Lipinski definition) is 0. The fourth-order valence-electron chi connectivity index (χ4n) is 6.35. The van der Waals surface area contributed by atoms with Crippen molar-refractivity contribution in [2.75, 3.05) is 0 Å². The average molecular weight is 370 g/mol. The van der Waals surface area contributed by atoms with Crippen LogP contribution in [-0.4, -0.2) is 0 Å². The fourth-order valence-corrected chi connectivity index (χ4v) is 6.35. The Morgan fingerprint density at radius 3 is 1.41 bits per heavy atom.